The number of halogens is 1. The highest BCUT2D eigenvalue weighted by molar-refractivity contribution is 9.11. The Morgan fingerprint density at radius 2 is 2.22 bits per heavy atom. The summed E-state index contributed by atoms with van der Waals surface area (Å²) in [6.45, 7) is 2.30. The van der Waals surface area contributed by atoms with E-state index in [-0.39, 0.29) is 5.54 Å². The van der Waals surface area contributed by atoms with Gasteiger partial charge in [0.25, 0.3) is 0 Å². The molecule has 1 aromatic rings. The lowest BCUT2D eigenvalue weighted by Crippen LogP contribution is -2.41. The Balaban J connectivity index is 1.94. The normalized spacial score (nSPS) is 29.2. The van der Waals surface area contributed by atoms with E-state index in [1.165, 1.54) is 53.6 Å². The summed E-state index contributed by atoms with van der Waals surface area (Å²) in [6, 6.07) is 4.36. The Morgan fingerprint density at radius 3 is 2.89 bits per heavy atom. The highest BCUT2D eigenvalue weighted by atomic mass is 79.9. The van der Waals surface area contributed by atoms with E-state index in [2.05, 4.69) is 35.0 Å². The van der Waals surface area contributed by atoms with Crippen LogP contribution < -0.4 is 5.73 Å². The van der Waals surface area contributed by atoms with Crippen molar-refractivity contribution in [3.63, 3.8) is 0 Å². The fourth-order valence-electron chi connectivity index (χ4n) is 3.17. The van der Waals surface area contributed by atoms with Crippen LogP contribution in [-0.2, 0) is 6.42 Å². The van der Waals surface area contributed by atoms with E-state index in [0.29, 0.717) is 0 Å². The minimum atomic E-state index is 0.0484. The largest absolute Gasteiger partial charge is 0.325 e. The van der Waals surface area contributed by atoms with Gasteiger partial charge in [-0.1, -0.05) is 32.6 Å². The summed E-state index contributed by atoms with van der Waals surface area (Å²) < 4.78 is 1.22. The first-order valence-corrected chi connectivity index (χ1v) is 8.75. The molecule has 1 aliphatic rings. The van der Waals surface area contributed by atoms with Crippen molar-refractivity contribution in [2.45, 2.75) is 63.8 Å². The van der Waals surface area contributed by atoms with Crippen molar-refractivity contribution in [3.8, 4) is 0 Å². The molecule has 0 amide bonds. The molecule has 2 N–H and O–H groups in total. The van der Waals surface area contributed by atoms with Crippen molar-refractivity contribution in [2.24, 2.45) is 11.7 Å². The summed E-state index contributed by atoms with van der Waals surface area (Å²) in [5, 5.41) is 0. The highest BCUT2D eigenvalue weighted by Crippen LogP contribution is 2.35. The fourth-order valence-corrected chi connectivity index (χ4v) is 4.81. The minimum absolute atomic E-state index is 0.0484. The first kappa shape index (κ1) is 14.5. The van der Waals surface area contributed by atoms with Crippen LogP contribution in [0.2, 0.25) is 0 Å². The van der Waals surface area contributed by atoms with Crippen LogP contribution >= 0.6 is 27.3 Å². The van der Waals surface area contributed by atoms with Gasteiger partial charge in [0, 0.05) is 10.4 Å². The molecule has 2 unspecified atom stereocenters. The second kappa shape index (κ2) is 6.53. The molecule has 1 fully saturated rings. The van der Waals surface area contributed by atoms with Gasteiger partial charge in [0.2, 0.25) is 0 Å². The van der Waals surface area contributed by atoms with Crippen molar-refractivity contribution in [1.82, 2.24) is 0 Å². The summed E-state index contributed by atoms with van der Waals surface area (Å²) in [5.41, 5.74) is 6.70. The molecule has 0 bridgehead atoms. The number of nitrogens with two attached hydrogens (primary N) is 1. The van der Waals surface area contributed by atoms with Crippen LogP contribution in [0.4, 0.5) is 0 Å². The summed E-state index contributed by atoms with van der Waals surface area (Å²) >= 11 is 5.37. The van der Waals surface area contributed by atoms with Crippen LogP contribution in [0.3, 0.4) is 0 Å². The Hall–Kier alpha value is 0.140. The average Bonchev–Trinajstić information content (AvgIpc) is 2.62. The predicted octanol–water partition coefficient (Wildman–Crippen LogP) is 5.13. The summed E-state index contributed by atoms with van der Waals surface area (Å²) in [4.78, 5) is 1.43. The molecule has 1 heterocycles. The molecule has 2 atom stereocenters. The first-order valence-electron chi connectivity index (χ1n) is 7.14. The third-order valence-electron chi connectivity index (χ3n) is 4.19. The zero-order chi connectivity index (χ0) is 13.0. The van der Waals surface area contributed by atoms with Crippen LogP contribution in [0.25, 0.3) is 0 Å². The van der Waals surface area contributed by atoms with Gasteiger partial charge in [-0.25, -0.2) is 0 Å². The Morgan fingerprint density at radius 1 is 1.39 bits per heavy atom. The van der Waals surface area contributed by atoms with Gasteiger partial charge in [-0.3, -0.25) is 0 Å². The van der Waals surface area contributed by atoms with E-state index < -0.39 is 0 Å². The maximum Gasteiger partial charge on any atom is 0.0701 e. The van der Waals surface area contributed by atoms with Crippen molar-refractivity contribution >= 4 is 27.3 Å². The second-order valence-corrected chi connectivity index (χ2v) is 8.38. The van der Waals surface area contributed by atoms with Gasteiger partial charge in [0.05, 0.1) is 3.79 Å². The molecule has 1 aromatic heterocycles. The maximum atomic E-state index is 6.65. The van der Waals surface area contributed by atoms with E-state index in [0.717, 1.165) is 12.3 Å². The van der Waals surface area contributed by atoms with Gasteiger partial charge in [0.15, 0.2) is 0 Å². The first-order chi connectivity index (χ1) is 8.61. The van der Waals surface area contributed by atoms with Crippen LogP contribution in [0.15, 0.2) is 15.9 Å². The standard InChI is InChI=1S/C15H24BrNS/c1-2-4-12-5-3-9-15(17,10-8-12)11-13-6-7-14(16)18-13/h6-7,12H,2-5,8-11,17H2,1H3. The fraction of sp³-hybridized carbons (Fsp3) is 0.733. The second-order valence-electron chi connectivity index (χ2n) is 5.83. The number of rotatable bonds is 4. The third-order valence-corrected chi connectivity index (χ3v) is 5.81. The van der Waals surface area contributed by atoms with Crippen molar-refractivity contribution < 1.29 is 0 Å². The smallest absolute Gasteiger partial charge is 0.0701 e. The molecule has 102 valence electrons. The lowest BCUT2D eigenvalue weighted by molar-refractivity contribution is 0.357. The van der Waals surface area contributed by atoms with E-state index in [1.54, 1.807) is 0 Å². The van der Waals surface area contributed by atoms with Gasteiger partial charge < -0.3 is 5.73 Å². The minimum Gasteiger partial charge on any atom is -0.325 e. The monoisotopic (exact) mass is 329 g/mol. The Kier molecular flexibility index (Phi) is 5.28. The zero-order valence-corrected chi connectivity index (χ0v) is 13.7. The average molecular weight is 330 g/mol. The molecule has 0 spiro atoms. The predicted molar refractivity (Wildman–Crippen MR) is 84.1 cm³/mol. The van der Waals surface area contributed by atoms with Gasteiger partial charge in [-0.05, 0) is 59.7 Å². The molecule has 0 aromatic carbocycles. The van der Waals surface area contributed by atoms with E-state index >= 15 is 0 Å². The molecule has 3 heteroatoms. The third kappa shape index (κ3) is 4.07. The van der Waals surface area contributed by atoms with Gasteiger partial charge in [0.1, 0.15) is 0 Å². The topological polar surface area (TPSA) is 26.0 Å². The number of hydrogen-bond donors (Lipinski definition) is 1. The van der Waals surface area contributed by atoms with E-state index in [9.17, 15) is 0 Å². The highest BCUT2D eigenvalue weighted by Gasteiger charge is 2.29. The van der Waals surface area contributed by atoms with Crippen LogP contribution in [0.5, 0.6) is 0 Å². The summed E-state index contributed by atoms with van der Waals surface area (Å²) in [5.74, 6) is 0.926. The van der Waals surface area contributed by atoms with Gasteiger partial charge >= 0.3 is 0 Å². The SMILES string of the molecule is CCCC1CCCC(N)(Cc2ccc(Br)s2)CC1. The molecule has 0 radical (unpaired) electrons. The van der Waals surface area contributed by atoms with Gasteiger partial charge in [-0.2, -0.15) is 0 Å². The summed E-state index contributed by atoms with van der Waals surface area (Å²) in [6.07, 6.45) is 10.2. The molecule has 0 saturated heterocycles. The Labute approximate surface area is 123 Å². The number of thiophene rings is 1. The van der Waals surface area contributed by atoms with Crippen LogP contribution in [0, 0.1) is 5.92 Å². The van der Waals surface area contributed by atoms with Crippen molar-refractivity contribution in [3.05, 3.63) is 20.8 Å². The quantitative estimate of drug-likeness (QED) is 0.761. The zero-order valence-electron chi connectivity index (χ0n) is 11.3. The maximum absolute atomic E-state index is 6.65. The molecule has 18 heavy (non-hydrogen) atoms. The molecule has 1 nitrogen and oxygen atoms in total. The molecular formula is C15H24BrNS. The lowest BCUT2D eigenvalue weighted by Gasteiger charge is -2.27. The van der Waals surface area contributed by atoms with Crippen LogP contribution in [-0.4, -0.2) is 5.54 Å². The lowest BCUT2D eigenvalue weighted by atomic mass is 9.86. The molecule has 1 aliphatic carbocycles. The number of hydrogen-bond acceptors (Lipinski definition) is 2. The van der Waals surface area contributed by atoms with Gasteiger partial charge in [-0.15, -0.1) is 11.3 Å². The molecule has 0 aliphatic heterocycles. The summed E-state index contributed by atoms with van der Waals surface area (Å²) in [7, 11) is 0. The van der Waals surface area contributed by atoms with Crippen molar-refractivity contribution in [2.75, 3.05) is 0 Å². The molecule has 2 rings (SSSR count). The Bertz CT molecular complexity index is 376. The van der Waals surface area contributed by atoms with E-state index in [4.69, 9.17) is 5.73 Å². The van der Waals surface area contributed by atoms with Crippen molar-refractivity contribution in [1.29, 1.82) is 0 Å². The molecule has 1 saturated carbocycles. The van der Waals surface area contributed by atoms with Crippen LogP contribution in [0.1, 0.15) is 56.7 Å². The van der Waals surface area contributed by atoms with E-state index in [1.807, 2.05) is 11.3 Å². The molecular weight excluding hydrogens is 306 g/mol.